The SMILES string of the molecule is CCCCCNC(=O)NCC(=O)N(C)C. The molecule has 2 N–H and O–H groups in total. The Kier molecular flexibility index (Phi) is 7.40. The van der Waals surface area contributed by atoms with Gasteiger partial charge in [-0.25, -0.2) is 4.79 Å². The highest BCUT2D eigenvalue weighted by Gasteiger charge is 2.05. The molecule has 0 aliphatic rings. The Labute approximate surface area is 91.2 Å². The van der Waals surface area contributed by atoms with Crippen LogP contribution < -0.4 is 10.6 Å². The minimum Gasteiger partial charge on any atom is -0.347 e. The fourth-order valence-corrected chi connectivity index (χ4v) is 0.953. The van der Waals surface area contributed by atoms with Crippen molar-refractivity contribution in [1.29, 1.82) is 0 Å². The highest BCUT2D eigenvalue weighted by Crippen LogP contribution is 1.90. The van der Waals surface area contributed by atoms with Crippen molar-refractivity contribution in [2.45, 2.75) is 26.2 Å². The monoisotopic (exact) mass is 215 g/mol. The number of amides is 3. The van der Waals surface area contributed by atoms with Crippen LogP contribution in [0, 0.1) is 0 Å². The minimum absolute atomic E-state index is 0.0482. The summed E-state index contributed by atoms with van der Waals surface area (Å²) in [5.74, 6) is -0.112. The lowest BCUT2D eigenvalue weighted by Crippen LogP contribution is -2.41. The first-order valence-electron chi connectivity index (χ1n) is 5.29. The van der Waals surface area contributed by atoms with E-state index in [2.05, 4.69) is 17.6 Å². The summed E-state index contributed by atoms with van der Waals surface area (Å²) in [7, 11) is 3.31. The molecule has 0 aromatic rings. The van der Waals surface area contributed by atoms with E-state index in [1.54, 1.807) is 14.1 Å². The standard InChI is InChI=1S/C10H21N3O2/c1-4-5-6-7-11-10(15)12-8-9(14)13(2)3/h4-8H2,1-3H3,(H2,11,12,15). The van der Waals surface area contributed by atoms with Crippen molar-refractivity contribution in [3.63, 3.8) is 0 Å². The lowest BCUT2D eigenvalue weighted by Gasteiger charge is -2.11. The first-order chi connectivity index (χ1) is 7.07. The van der Waals surface area contributed by atoms with E-state index >= 15 is 0 Å². The molecule has 0 heterocycles. The van der Waals surface area contributed by atoms with Crippen molar-refractivity contribution in [3.8, 4) is 0 Å². The summed E-state index contributed by atoms with van der Waals surface area (Å²) in [6.45, 7) is 2.82. The van der Waals surface area contributed by atoms with Gasteiger partial charge in [-0.2, -0.15) is 0 Å². The van der Waals surface area contributed by atoms with Crippen LogP contribution in [0.3, 0.4) is 0 Å². The number of unbranched alkanes of at least 4 members (excludes halogenated alkanes) is 2. The van der Waals surface area contributed by atoms with Crippen LogP contribution >= 0.6 is 0 Å². The fourth-order valence-electron chi connectivity index (χ4n) is 0.953. The van der Waals surface area contributed by atoms with Gasteiger partial charge in [0.15, 0.2) is 0 Å². The molecular formula is C10H21N3O2. The molecule has 0 aromatic heterocycles. The van der Waals surface area contributed by atoms with Crippen molar-refractivity contribution in [2.24, 2.45) is 0 Å². The van der Waals surface area contributed by atoms with Crippen LogP contribution in [0.15, 0.2) is 0 Å². The van der Waals surface area contributed by atoms with Gasteiger partial charge in [-0.3, -0.25) is 4.79 Å². The first-order valence-corrected chi connectivity index (χ1v) is 5.29. The van der Waals surface area contributed by atoms with Crippen LogP contribution in [-0.4, -0.2) is 44.0 Å². The largest absolute Gasteiger partial charge is 0.347 e. The van der Waals surface area contributed by atoms with Gasteiger partial charge in [0.25, 0.3) is 0 Å². The number of nitrogens with zero attached hydrogens (tertiary/aromatic N) is 1. The highest BCUT2D eigenvalue weighted by molar-refractivity contribution is 5.83. The second-order valence-corrected chi connectivity index (χ2v) is 3.60. The summed E-state index contributed by atoms with van der Waals surface area (Å²) in [4.78, 5) is 23.7. The molecule has 0 rings (SSSR count). The lowest BCUT2D eigenvalue weighted by molar-refractivity contribution is -0.127. The topological polar surface area (TPSA) is 61.4 Å². The van der Waals surface area contributed by atoms with E-state index in [0.717, 1.165) is 19.3 Å². The van der Waals surface area contributed by atoms with Crippen molar-refractivity contribution >= 4 is 11.9 Å². The molecular weight excluding hydrogens is 194 g/mol. The lowest BCUT2D eigenvalue weighted by atomic mass is 10.2. The van der Waals surface area contributed by atoms with Gasteiger partial charge in [0, 0.05) is 20.6 Å². The zero-order valence-electron chi connectivity index (χ0n) is 9.80. The number of nitrogens with one attached hydrogen (secondary N) is 2. The van der Waals surface area contributed by atoms with Crippen LogP contribution in [0.4, 0.5) is 4.79 Å². The predicted octanol–water partition coefficient (Wildman–Crippen LogP) is 0.564. The Bertz CT molecular complexity index is 205. The Morgan fingerprint density at radius 2 is 1.80 bits per heavy atom. The van der Waals surface area contributed by atoms with Crippen molar-refractivity contribution in [3.05, 3.63) is 0 Å². The maximum atomic E-state index is 11.1. The molecule has 0 spiro atoms. The average molecular weight is 215 g/mol. The van der Waals surface area contributed by atoms with Crippen LogP contribution in [0.2, 0.25) is 0 Å². The molecule has 0 aromatic carbocycles. The van der Waals surface area contributed by atoms with Crippen LogP contribution in [-0.2, 0) is 4.79 Å². The normalized spacial score (nSPS) is 9.53. The third-order valence-electron chi connectivity index (χ3n) is 1.96. The summed E-state index contributed by atoms with van der Waals surface area (Å²) >= 11 is 0. The zero-order chi connectivity index (χ0) is 11.7. The van der Waals surface area contributed by atoms with Crippen molar-refractivity contribution in [2.75, 3.05) is 27.2 Å². The first kappa shape index (κ1) is 13.7. The molecule has 15 heavy (non-hydrogen) atoms. The molecule has 0 fully saturated rings. The second-order valence-electron chi connectivity index (χ2n) is 3.60. The summed E-state index contributed by atoms with van der Waals surface area (Å²) in [6.07, 6.45) is 3.21. The van der Waals surface area contributed by atoms with E-state index in [0.29, 0.717) is 6.54 Å². The predicted molar refractivity (Wildman–Crippen MR) is 59.6 cm³/mol. The van der Waals surface area contributed by atoms with Gasteiger partial charge < -0.3 is 15.5 Å². The maximum Gasteiger partial charge on any atom is 0.315 e. The Morgan fingerprint density at radius 1 is 1.13 bits per heavy atom. The minimum atomic E-state index is -0.277. The van der Waals surface area contributed by atoms with Crippen molar-refractivity contribution < 1.29 is 9.59 Å². The average Bonchev–Trinajstić information content (AvgIpc) is 2.20. The number of hydrogen-bond donors (Lipinski definition) is 2. The van der Waals surface area contributed by atoms with Gasteiger partial charge in [0.1, 0.15) is 0 Å². The smallest absolute Gasteiger partial charge is 0.315 e. The van der Waals surface area contributed by atoms with Gasteiger partial charge in [-0.1, -0.05) is 19.8 Å². The Balaban J connectivity index is 3.45. The number of urea groups is 1. The maximum absolute atomic E-state index is 11.1. The Morgan fingerprint density at radius 3 is 2.33 bits per heavy atom. The van der Waals surface area contributed by atoms with E-state index in [4.69, 9.17) is 0 Å². The van der Waals surface area contributed by atoms with E-state index in [1.165, 1.54) is 4.90 Å². The van der Waals surface area contributed by atoms with Crippen LogP contribution in [0.25, 0.3) is 0 Å². The molecule has 0 atom stereocenters. The molecule has 3 amide bonds. The summed E-state index contributed by atoms with van der Waals surface area (Å²) in [5, 5.41) is 5.19. The van der Waals surface area contributed by atoms with Gasteiger partial charge in [-0.15, -0.1) is 0 Å². The summed E-state index contributed by atoms with van der Waals surface area (Å²) in [6, 6.07) is -0.277. The van der Waals surface area contributed by atoms with Gasteiger partial charge >= 0.3 is 6.03 Å². The molecule has 0 radical (unpaired) electrons. The van der Waals surface area contributed by atoms with Gasteiger partial charge in [-0.05, 0) is 6.42 Å². The zero-order valence-corrected chi connectivity index (χ0v) is 9.80. The number of carbonyl (C=O) groups excluding carboxylic acids is 2. The number of rotatable bonds is 6. The van der Waals surface area contributed by atoms with Crippen molar-refractivity contribution in [1.82, 2.24) is 15.5 Å². The molecule has 0 unspecified atom stereocenters. The highest BCUT2D eigenvalue weighted by atomic mass is 16.2. The molecule has 0 aliphatic carbocycles. The molecule has 5 heteroatoms. The fraction of sp³-hybridized carbons (Fsp3) is 0.800. The van der Waals surface area contributed by atoms with E-state index in [9.17, 15) is 9.59 Å². The van der Waals surface area contributed by atoms with E-state index < -0.39 is 0 Å². The molecule has 0 saturated carbocycles. The molecule has 5 nitrogen and oxygen atoms in total. The van der Waals surface area contributed by atoms with Gasteiger partial charge in [0.05, 0.1) is 6.54 Å². The molecule has 88 valence electrons. The third kappa shape index (κ3) is 7.78. The second kappa shape index (κ2) is 8.08. The molecule has 0 saturated heterocycles. The Hall–Kier alpha value is -1.26. The molecule has 0 aliphatic heterocycles. The molecule has 0 bridgehead atoms. The van der Waals surface area contributed by atoms with E-state index in [-0.39, 0.29) is 18.5 Å². The summed E-state index contributed by atoms with van der Waals surface area (Å²) in [5.41, 5.74) is 0. The third-order valence-corrected chi connectivity index (χ3v) is 1.96. The number of hydrogen-bond acceptors (Lipinski definition) is 2. The summed E-state index contributed by atoms with van der Waals surface area (Å²) < 4.78 is 0. The quantitative estimate of drug-likeness (QED) is 0.636. The van der Waals surface area contributed by atoms with E-state index in [1.807, 2.05) is 0 Å². The number of carbonyl (C=O) groups is 2. The van der Waals surface area contributed by atoms with Crippen LogP contribution in [0.1, 0.15) is 26.2 Å². The van der Waals surface area contributed by atoms with Gasteiger partial charge in [0.2, 0.25) is 5.91 Å². The number of likely N-dealkylation sites (N-methyl/N-ethyl adjacent to an activating group) is 1. The van der Waals surface area contributed by atoms with Crippen LogP contribution in [0.5, 0.6) is 0 Å².